The van der Waals surface area contributed by atoms with E-state index in [1.807, 2.05) is 10.8 Å². The van der Waals surface area contributed by atoms with Crippen LogP contribution in [0, 0.1) is 0 Å². The molecule has 0 aliphatic heterocycles. The molecule has 2 nitrogen and oxygen atoms in total. The lowest BCUT2D eigenvalue weighted by Gasteiger charge is -1.84. The van der Waals surface area contributed by atoms with Crippen molar-refractivity contribution in [2.45, 2.75) is 13.3 Å². The van der Waals surface area contributed by atoms with Gasteiger partial charge in [0.05, 0.1) is 12.0 Å². The van der Waals surface area contributed by atoms with E-state index in [1.165, 1.54) is 0 Å². The van der Waals surface area contributed by atoms with Gasteiger partial charge in [-0.2, -0.15) is 0 Å². The van der Waals surface area contributed by atoms with E-state index in [0.29, 0.717) is 0 Å². The second-order valence-corrected chi connectivity index (χ2v) is 1.85. The van der Waals surface area contributed by atoms with Crippen molar-refractivity contribution in [2.24, 2.45) is 0 Å². The van der Waals surface area contributed by atoms with Crippen LogP contribution < -0.4 is 0 Å². The second-order valence-electron chi connectivity index (χ2n) is 1.85. The molecule has 0 saturated heterocycles. The zero-order chi connectivity index (χ0) is 6.69. The fourth-order valence-corrected chi connectivity index (χ4v) is 0.662. The Bertz CT molecular complexity index is 200. The average molecular weight is 122 g/mol. The van der Waals surface area contributed by atoms with Crippen LogP contribution in [0.15, 0.2) is 19.1 Å². The molecule has 2 heteroatoms. The molecule has 0 bridgehead atoms. The van der Waals surface area contributed by atoms with Crippen molar-refractivity contribution >= 4 is 6.20 Å². The van der Waals surface area contributed by atoms with Crippen molar-refractivity contribution in [3.05, 3.63) is 24.8 Å². The molecule has 48 valence electrons. The van der Waals surface area contributed by atoms with Crippen molar-refractivity contribution in [1.82, 2.24) is 9.55 Å². The van der Waals surface area contributed by atoms with Gasteiger partial charge in [-0.1, -0.05) is 13.5 Å². The molecule has 0 aromatic carbocycles. The van der Waals surface area contributed by atoms with Crippen molar-refractivity contribution < 1.29 is 0 Å². The van der Waals surface area contributed by atoms with E-state index in [1.54, 1.807) is 12.5 Å². The topological polar surface area (TPSA) is 17.8 Å². The fourth-order valence-electron chi connectivity index (χ4n) is 0.662. The largest absolute Gasteiger partial charge is 0.313 e. The van der Waals surface area contributed by atoms with E-state index in [9.17, 15) is 0 Å². The molecule has 1 aromatic rings. The summed E-state index contributed by atoms with van der Waals surface area (Å²) in [6.45, 7) is 5.68. The zero-order valence-electron chi connectivity index (χ0n) is 5.54. The minimum absolute atomic E-state index is 0.987. The Kier molecular flexibility index (Phi) is 1.68. The summed E-state index contributed by atoms with van der Waals surface area (Å²) in [4.78, 5) is 4.10. The van der Waals surface area contributed by atoms with Crippen LogP contribution in [-0.4, -0.2) is 9.55 Å². The number of rotatable bonds is 2. The molecular formula is C7H10N2. The first-order valence-corrected chi connectivity index (χ1v) is 3.01. The normalized spacial score (nSPS) is 9.44. The van der Waals surface area contributed by atoms with Crippen molar-refractivity contribution in [3.8, 4) is 0 Å². The third kappa shape index (κ3) is 1.19. The van der Waals surface area contributed by atoms with Gasteiger partial charge in [0.2, 0.25) is 0 Å². The SMILES string of the molecule is C=Cn1cnc(CC)c1. The van der Waals surface area contributed by atoms with E-state index in [-0.39, 0.29) is 0 Å². The van der Waals surface area contributed by atoms with Crippen LogP contribution in [0.5, 0.6) is 0 Å². The molecule has 0 aliphatic rings. The number of imidazole rings is 1. The summed E-state index contributed by atoms with van der Waals surface area (Å²) in [5, 5.41) is 0. The van der Waals surface area contributed by atoms with Crippen LogP contribution in [0.2, 0.25) is 0 Å². The number of hydrogen-bond donors (Lipinski definition) is 0. The highest BCUT2D eigenvalue weighted by molar-refractivity contribution is 5.17. The van der Waals surface area contributed by atoms with Crippen LogP contribution in [0.3, 0.4) is 0 Å². The summed E-state index contributed by atoms with van der Waals surface area (Å²) in [6, 6.07) is 0. The number of aryl methyl sites for hydroxylation is 1. The lowest BCUT2D eigenvalue weighted by molar-refractivity contribution is 1.06. The average Bonchev–Trinajstić information content (AvgIpc) is 2.34. The molecule has 0 saturated carbocycles. The highest BCUT2D eigenvalue weighted by Crippen LogP contribution is 1.95. The maximum atomic E-state index is 4.10. The molecule has 0 radical (unpaired) electrons. The van der Waals surface area contributed by atoms with Gasteiger partial charge in [0.25, 0.3) is 0 Å². The quantitative estimate of drug-likeness (QED) is 0.582. The molecule has 1 rings (SSSR count). The first-order valence-electron chi connectivity index (χ1n) is 3.01. The van der Waals surface area contributed by atoms with E-state index >= 15 is 0 Å². The molecule has 0 N–H and O–H groups in total. The molecule has 1 aromatic heterocycles. The molecule has 0 amide bonds. The smallest absolute Gasteiger partial charge is 0.0990 e. The van der Waals surface area contributed by atoms with Gasteiger partial charge in [-0.15, -0.1) is 0 Å². The van der Waals surface area contributed by atoms with Gasteiger partial charge in [-0.05, 0) is 6.42 Å². The summed E-state index contributed by atoms with van der Waals surface area (Å²) >= 11 is 0. The molecule has 0 unspecified atom stereocenters. The standard InChI is InChI=1S/C7H10N2/c1-3-7-5-9(4-2)6-8-7/h4-6H,2-3H2,1H3. The zero-order valence-corrected chi connectivity index (χ0v) is 5.54. The summed E-state index contributed by atoms with van der Waals surface area (Å²) < 4.78 is 1.85. The Labute approximate surface area is 54.8 Å². The summed E-state index contributed by atoms with van der Waals surface area (Å²) in [5.41, 5.74) is 1.11. The minimum Gasteiger partial charge on any atom is -0.313 e. The Morgan fingerprint density at radius 3 is 3.00 bits per heavy atom. The maximum Gasteiger partial charge on any atom is 0.0990 e. The molecule has 9 heavy (non-hydrogen) atoms. The van der Waals surface area contributed by atoms with Crippen molar-refractivity contribution in [1.29, 1.82) is 0 Å². The first-order chi connectivity index (χ1) is 4.36. The number of nitrogens with zero attached hydrogens (tertiary/aromatic N) is 2. The molecular weight excluding hydrogens is 112 g/mol. The van der Waals surface area contributed by atoms with Gasteiger partial charge in [-0.25, -0.2) is 4.98 Å². The van der Waals surface area contributed by atoms with Crippen molar-refractivity contribution in [2.75, 3.05) is 0 Å². The third-order valence-electron chi connectivity index (χ3n) is 1.23. The van der Waals surface area contributed by atoms with Crippen LogP contribution in [0.1, 0.15) is 12.6 Å². The lowest BCUT2D eigenvalue weighted by atomic mass is 10.4. The van der Waals surface area contributed by atoms with Gasteiger partial charge in [-0.3, -0.25) is 0 Å². The van der Waals surface area contributed by atoms with Gasteiger partial charge in [0.1, 0.15) is 0 Å². The van der Waals surface area contributed by atoms with Gasteiger partial charge in [0.15, 0.2) is 0 Å². The number of hydrogen-bond acceptors (Lipinski definition) is 1. The Balaban J connectivity index is 2.86. The predicted octanol–water partition coefficient (Wildman–Crippen LogP) is 1.55. The van der Waals surface area contributed by atoms with Crippen LogP contribution in [0.4, 0.5) is 0 Å². The summed E-state index contributed by atoms with van der Waals surface area (Å²) in [5.74, 6) is 0. The molecule has 0 aliphatic carbocycles. The summed E-state index contributed by atoms with van der Waals surface area (Å²) in [6.07, 6.45) is 6.44. The van der Waals surface area contributed by atoms with Crippen LogP contribution in [0.25, 0.3) is 6.20 Å². The van der Waals surface area contributed by atoms with E-state index < -0.39 is 0 Å². The maximum absolute atomic E-state index is 4.10. The van der Waals surface area contributed by atoms with Crippen LogP contribution in [-0.2, 0) is 6.42 Å². The molecule has 0 spiro atoms. The van der Waals surface area contributed by atoms with E-state index in [2.05, 4.69) is 18.5 Å². The van der Waals surface area contributed by atoms with Gasteiger partial charge >= 0.3 is 0 Å². The second kappa shape index (κ2) is 2.49. The lowest BCUT2D eigenvalue weighted by Crippen LogP contribution is -1.76. The minimum atomic E-state index is 0.987. The Morgan fingerprint density at radius 2 is 2.67 bits per heavy atom. The highest BCUT2D eigenvalue weighted by Gasteiger charge is 1.89. The molecule has 1 heterocycles. The first kappa shape index (κ1) is 6.08. The van der Waals surface area contributed by atoms with E-state index in [4.69, 9.17) is 0 Å². The Hall–Kier alpha value is -1.05. The molecule has 0 fully saturated rings. The van der Waals surface area contributed by atoms with Crippen molar-refractivity contribution in [3.63, 3.8) is 0 Å². The predicted molar refractivity (Wildman–Crippen MR) is 38.0 cm³/mol. The third-order valence-corrected chi connectivity index (χ3v) is 1.23. The monoisotopic (exact) mass is 122 g/mol. The highest BCUT2D eigenvalue weighted by atomic mass is 15.0. The van der Waals surface area contributed by atoms with Crippen LogP contribution >= 0.6 is 0 Å². The summed E-state index contributed by atoms with van der Waals surface area (Å²) in [7, 11) is 0. The van der Waals surface area contributed by atoms with Gasteiger partial charge in [0, 0.05) is 12.4 Å². The number of aromatic nitrogens is 2. The van der Waals surface area contributed by atoms with Gasteiger partial charge < -0.3 is 4.57 Å². The Morgan fingerprint density at radius 1 is 1.89 bits per heavy atom. The molecule has 0 atom stereocenters. The fraction of sp³-hybridized carbons (Fsp3) is 0.286. The van der Waals surface area contributed by atoms with E-state index in [0.717, 1.165) is 12.1 Å².